The quantitative estimate of drug-likeness (QED) is 0.765. The van der Waals surface area contributed by atoms with Gasteiger partial charge in [0.1, 0.15) is 0 Å². The molecule has 1 aliphatic rings. The lowest BCUT2D eigenvalue weighted by Crippen LogP contribution is -2.45. The third-order valence-corrected chi connectivity index (χ3v) is 3.63. The van der Waals surface area contributed by atoms with Crippen LogP contribution in [0.1, 0.15) is 39.5 Å². The van der Waals surface area contributed by atoms with E-state index in [0.29, 0.717) is 19.4 Å². The fraction of sp³-hybridized carbons (Fsp3) is 0.714. The van der Waals surface area contributed by atoms with E-state index in [4.69, 9.17) is 0 Å². The Balaban J connectivity index is 2.83. The number of hydrogen-bond donors (Lipinski definition) is 1. The number of carboxylic acid groups (broad SMARTS) is 1. The molecule has 2 atom stereocenters. The Bertz CT molecular complexity index is 325. The lowest BCUT2D eigenvalue weighted by atomic mass is 9.78. The highest BCUT2D eigenvalue weighted by molar-refractivity contribution is 5.85. The Hall–Kier alpha value is -1.32. The maximum atomic E-state index is 12.5. The zero-order valence-corrected chi connectivity index (χ0v) is 11.3. The van der Waals surface area contributed by atoms with Crippen LogP contribution >= 0.6 is 0 Å². The summed E-state index contributed by atoms with van der Waals surface area (Å²) in [7, 11) is 0. The van der Waals surface area contributed by atoms with E-state index in [9.17, 15) is 14.7 Å². The van der Waals surface area contributed by atoms with E-state index in [2.05, 4.69) is 6.58 Å². The molecule has 1 rings (SSSR count). The molecule has 1 aliphatic carbocycles. The maximum Gasteiger partial charge on any atom is 0.307 e. The molecule has 0 radical (unpaired) electrons. The molecule has 1 amide bonds. The van der Waals surface area contributed by atoms with E-state index < -0.39 is 11.9 Å². The smallest absolute Gasteiger partial charge is 0.307 e. The highest BCUT2D eigenvalue weighted by Crippen LogP contribution is 2.32. The van der Waals surface area contributed by atoms with Gasteiger partial charge in [-0.2, -0.15) is 0 Å². The Kier molecular flexibility index (Phi) is 5.38. The molecule has 0 saturated heterocycles. The van der Waals surface area contributed by atoms with E-state index in [-0.39, 0.29) is 17.9 Å². The molecule has 102 valence electrons. The monoisotopic (exact) mass is 253 g/mol. The van der Waals surface area contributed by atoms with Gasteiger partial charge in [0.25, 0.3) is 0 Å². The summed E-state index contributed by atoms with van der Waals surface area (Å²) >= 11 is 0. The number of nitrogens with zero attached hydrogens (tertiary/aromatic N) is 1. The van der Waals surface area contributed by atoms with Crippen LogP contribution in [-0.4, -0.2) is 34.5 Å². The molecule has 18 heavy (non-hydrogen) atoms. The van der Waals surface area contributed by atoms with Crippen molar-refractivity contribution in [1.29, 1.82) is 0 Å². The molecule has 4 heteroatoms. The van der Waals surface area contributed by atoms with Crippen LogP contribution in [0.2, 0.25) is 0 Å². The molecule has 0 aromatic heterocycles. The number of carbonyl (C=O) groups excluding carboxylic acids is 1. The molecule has 0 bridgehead atoms. The molecule has 1 N–H and O–H groups in total. The van der Waals surface area contributed by atoms with Crippen molar-refractivity contribution in [3.8, 4) is 0 Å². The average Bonchev–Trinajstić information content (AvgIpc) is 2.34. The predicted octanol–water partition coefficient (Wildman–Crippen LogP) is 2.30. The zero-order chi connectivity index (χ0) is 13.7. The second kappa shape index (κ2) is 6.57. The van der Waals surface area contributed by atoms with Crippen molar-refractivity contribution in [2.75, 3.05) is 6.54 Å². The molecule has 1 fully saturated rings. The number of hydrogen-bond acceptors (Lipinski definition) is 2. The number of carboxylic acids is 1. The van der Waals surface area contributed by atoms with Gasteiger partial charge in [-0.05, 0) is 26.7 Å². The van der Waals surface area contributed by atoms with E-state index in [1.165, 1.54) is 0 Å². The molecular formula is C14H23NO3. The topological polar surface area (TPSA) is 57.6 Å². The van der Waals surface area contributed by atoms with Gasteiger partial charge >= 0.3 is 5.97 Å². The van der Waals surface area contributed by atoms with Gasteiger partial charge in [0.15, 0.2) is 0 Å². The van der Waals surface area contributed by atoms with Gasteiger partial charge in [0, 0.05) is 12.6 Å². The van der Waals surface area contributed by atoms with Gasteiger partial charge in [-0.15, -0.1) is 6.58 Å². The lowest BCUT2D eigenvalue weighted by Gasteiger charge is -2.34. The second-order valence-corrected chi connectivity index (χ2v) is 5.21. The highest BCUT2D eigenvalue weighted by atomic mass is 16.4. The minimum atomic E-state index is -0.838. The molecule has 0 aliphatic heterocycles. The van der Waals surface area contributed by atoms with Crippen molar-refractivity contribution >= 4 is 11.9 Å². The van der Waals surface area contributed by atoms with Gasteiger partial charge in [-0.1, -0.05) is 18.9 Å². The van der Waals surface area contributed by atoms with Crippen molar-refractivity contribution < 1.29 is 14.7 Å². The van der Waals surface area contributed by atoms with E-state index >= 15 is 0 Å². The summed E-state index contributed by atoms with van der Waals surface area (Å²) in [5.74, 6) is -1.75. The molecule has 0 aromatic rings. The third-order valence-electron chi connectivity index (χ3n) is 3.63. The van der Waals surface area contributed by atoms with Crippen LogP contribution in [0.3, 0.4) is 0 Å². The summed E-state index contributed by atoms with van der Waals surface area (Å²) in [6, 6.07) is 0.0758. The SMILES string of the molecule is C=CCN(C(=O)C1CCCCC1C(=O)O)C(C)C. The van der Waals surface area contributed by atoms with Crippen molar-refractivity contribution in [3.05, 3.63) is 12.7 Å². The lowest BCUT2D eigenvalue weighted by molar-refractivity contribution is -0.152. The Morgan fingerprint density at radius 3 is 2.33 bits per heavy atom. The van der Waals surface area contributed by atoms with E-state index in [1.807, 2.05) is 13.8 Å². The molecule has 0 aromatic carbocycles. The van der Waals surface area contributed by atoms with Crippen LogP contribution in [0.4, 0.5) is 0 Å². The largest absolute Gasteiger partial charge is 0.481 e. The first-order valence-corrected chi connectivity index (χ1v) is 6.63. The molecule has 0 heterocycles. The van der Waals surface area contributed by atoms with Crippen LogP contribution in [0.5, 0.6) is 0 Å². The van der Waals surface area contributed by atoms with E-state index in [1.54, 1.807) is 11.0 Å². The van der Waals surface area contributed by atoms with Gasteiger partial charge in [0.2, 0.25) is 5.91 Å². The Morgan fingerprint density at radius 2 is 1.89 bits per heavy atom. The summed E-state index contributed by atoms with van der Waals surface area (Å²) in [6.45, 7) is 8.03. The van der Waals surface area contributed by atoms with Crippen LogP contribution in [0.25, 0.3) is 0 Å². The summed E-state index contributed by atoms with van der Waals surface area (Å²) in [4.78, 5) is 25.4. The second-order valence-electron chi connectivity index (χ2n) is 5.21. The fourth-order valence-electron chi connectivity index (χ4n) is 2.63. The van der Waals surface area contributed by atoms with Crippen molar-refractivity contribution in [2.45, 2.75) is 45.6 Å². The molecule has 4 nitrogen and oxygen atoms in total. The summed E-state index contributed by atoms with van der Waals surface area (Å²) < 4.78 is 0. The van der Waals surface area contributed by atoms with Gasteiger partial charge in [-0.25, -0.2) is 0 Å². The normalized spacial score (nSPS) is 23.7. The zero-order valence-electron chi connectivity index (χ0n) is 11.3. The van der Waals surface area contributed by atoms with Gasteiger partial charge in [0.05, 0.1) is 11.8 Å². The van der Waals surface area contributed by atoms with Crippen molar-refractivity contribution in [2.24, 2.45) is 11.8 Å². The first-order valence-electron chi connectivity index (χ1n) is 6.63. The predicted molar refractivity (Wildman–Crippen MR) is 70.1 cm³/mol. The third kappa shape index (κ3) is 3.34. The Morgan fingerprint density at radius 1 is 1.33 bits per heavy atom. The van der Waals surface area contributed by atoms with Crippen molar-refractivity contribution in [3.63, 3.8) is 0 Å². The van der Waals surface area contributed by atoms with E-state index in [0.717, 1.165) is 12.8 Å². The van der Waals surface area contributed by atoms with Crippen LogP contribution in [-0.2, 0) is 9.59 Å². The van der Waals surface area contributed by atoms with Crippen LogP contribution < -0.4 is 0 Å². The summed E-state index contributed by atoms with van der Waals surface area (Å²) in [6.07, 6.45) is 4.85. The van der Waals surface area contributed by atoms with Crippen LogP contribution in [0, 0.1) is 11.8 Å². The maximum absolute atomic E-state index is 12.5. The fourth-order valence-corrected chi connectivity index (χ4v) is 2.63. The van der Waals surface area contributed by atoms with Crippen molar-refractivity contribution in [1.82, 2.24) is 4.90 Å². The number of carbonyl (C=O) groups is 2. The minimum absolute atomic E-state index is 0.0306. The summed E-state index contributed by atoms with van der Waals surface area (Å²) in [5, 5.41) is 9.22. The first-order chi connectivity index (χ1) is 8.49. The minimum Gasteiger partial charge on any atom is -0.481 e. The number of aliphatic carboxylic acids is 1. The standard InChI is InChI=1S/C14H23NO3/c1-4-9-15(10(2)3)13(16)11-7-5-6-8-12(11)14(17)18/h4,10-12H,1,5-9H2,2-3H3,(H,17,18). The molecule has 1 saturated carbocycles. The average molecular weight is 253 g/mol. The van der Waals surface area contributed by atoms with Crippen LogP contribution in [0.15, 0.2) is 12.7 Å². The van der Waals surface area contributed by atoms with Gasteiger partial charge < -0.3 is 10.0 Å². The number of amides is 1. The first kappa shape index (κ1) is 14.7. The summed E-state index contributed by atoms with van der Waals surface area (Å²) in [5.41, 5.74) is 0. The molecule has 2 unspecified atom stereocenters. The number of rotatable bonds is 5. The Labute approximate surface area is 109 Å². The molecular weight excluding hydrogens is 230 g/mol. The highest BCUT2D eigenvalue weighted by Gasteiger charge is 2.38. The molecule has 0 spiro atoms. The van der Waals surface area contributed by atoms with Gasteiger partial charge in [-0.3, -0.25) is 9.59 Å².